The van der Waals surface area contributed by atoms with Crippen LogP contribution in [-0.4, -0.2) is 73.3 Å². The van der Waals surface area contributed by atoms with Gasteiger partial charge in [0.05, 0.1) is 6.61 Å². The maximum absolute atomic E-state index is 13.8. The number of benzene rings is 2. The zero-order valence-electron chi connectivity index (χ0n) is 22.5. The largest absolute Gasteiger partial charge is 0.493 e. The number of amides is 2. The minimum Gasteiger partial charge on any atom is -0.493 e. The van der Waals surface area contributed by atoms with E-state index in [0.29, 0.717) is 44.3 Å². The summed E-state index contributed by atoms with van der Waals surface area (Å²) in [5.74, 6) is 1.26. The quantitative estimate of drug-likeness (QED) is 0.605. The van der Waals surface area contributed by atoms with Gasteiger partial charge in [0, 0.05) is 37.3 Å². The van der Waals surface area contributed by atoms with Gasteiger partial charge in [-0.25, -0.2) is 4.79 Å². The Labute approximate surface area is 221 Å². The van der Waals surface area contributed by atoms with Crippen LogP contribution in [0, 0.1) is 5.92 Å². The van der Waals surface area contributed by atoms with Crippen LogP contribution in [0.25, 0.3) is 11.1 Å². The predicted molar refractivity (Wildman–Crippen MR) is 146 cm³/mol. The normalized spacial score (nSPS) is 18.3. The topological polar surface area (TPSA) is 71.1 Å². The molecular weight excluding hydrogens is 466 g/mol. The van der Waals surface area contributed by atoms with E-state index < -0.39 is 5.60 Å². The molecule has 0 saturated carbocycles. The summed E-state index contributed by atoms with van der Waals surface area (Å²) in [5, 5.41) is 3.48. The van der Waals surface area contributed by atoms with Crippen molar-refractivity contribution in [2.45, 2.75) is 52.1 Å². The zero-order valence-corrected chi connectivity index (χ0v) is 22.5. The Kier molecular flexibility index (Phi) is 9.09. The van der Waals surface area contributed by atoms with E-state index in [4.69, 9.17) is 9.47 Å². The monoisotopic (exact) mass is 507 g/mol. The van der Waals surface area contributed by atoms with E-state index in [9.17, 15) is 9.59 Å². The molecule has 1 saturated heterocycles. The number of hydrogen-bond donors (Lipinski definition) is 1. The number of fused-ring (bicyclic) bond motifs is 4. The van der Waals surface area contributed by atoms with Crippen molar-refractivity contribution in [3.8, 4) is 16.9 Å². The summed E-state index contributed by atoms with van der Waals surface area (Å²) in [6, 6.07) is 15.9. The lowest BCUT2D eigenvalue weighted by molar-refractivity contribution is 0.0167. The molecule has 1 N–H and O–H groups in total. The first-order chi connectivity index (χ1) is 17.8. The molecule has 37 heavy (non-hydrogen) atoms. The molecule has 0 spiro atoms. The van der Waals surface area contributed by atoms with Crippen LogP contribution in [0.1, 0.15) is 56.8 Å². The Morgan fingerprint density at radius 2 is 1.73 bits per heavy atom. The number of ether oxygens (including phenoxy) is 2. The molecule has 2 aromatic rings. The van der Waals surface area contributed by atoms with Gasteiger partial charge in [0.2, 0.25) is 0 Å². The summed E-state index contributed by atoms with van der Waals surface area (Å²) in [6.45, 7) is 10.8. The SMILES string of the molecule is CC(C)(C)OC(=O)N1CCC(CN2CCCNCCCOc3ccccc3-c3cccc(c3)C2=O)CC1. The van der Waals surface area contributed by atoms with E-state index in [1.54, 1.807) is 4.90 Å². The fraction of sp³-hybridized carbons (Fsp3) is 0.533. The van der Waals surface area contributed by atoms with Crippen LogP contribution < -0.4 is 10.1 Å². The van der Waals surface area contributed by atoms with Gasteiger partial charge in [-0.15, -0.1) is 0 Å². The first-order valence-corrected chi connectivity index (χ1v) is 13.6. The third kappa shape index (κ3) is 7.71. The summed E-state index contributed by atoms with van der Waals surface area (Å²) in [4.78, 5) is 30.0. The van der Waals surface area contributed by atoms with Crippen molar-refractivity contribution in [3.05, 3.63) is 54.1 Å². The van der Waals surface area contributed by atoms with Gasteiger partial charge in [-0.3, -0.25) is 4.79 Å². The summed E-state index contributed by atoms with van der Waals surface area (Å²) < 4.78 is 11.6. The molecule has 2 bridgehead atoms. The molecule has 2 amide bonds. The van der Waals surface area contributed by atoms with Crippen molar-refractivity contribution in [3.63, 3.8) is 0 Å². The third-order valence-electron chi connectivity index (χ3n) is 6.88. The highest BCUT2D eigenvalue weighted by atomic mass is 16.6. The van der Waals surface area contributed by atoms with Crippen LogP contribution in [0.3, 0.4) is 0 Å². The molecular formula is C30H41N3O4. The summed E-state index contributed by atoms with van der Waals surface area (Å²) in [7, 11) is 0. The van der Waals surface area contributed by atoms with Gasteiger partial charge in [0.15, 0.2) is 0 Å². The second kappa shape index (κ2) is 12.5. The molecule has 7 nitrogen and oxygen atoms in total. The molecule has 1 fully saturated rings. The molecule has 2 heterocycles. The van der Waals surface area contributed by atoms with Crippen LogP contribution in [0.5, 0.6) is 5.75 Å². The number of rotatable bonds is 2. The molecule has 0 radical (unpaired) electrons. The van der Waals surface area contributed by atoms with Crippen LogP contribution in [0.15, 0.2) is 48.5 Å². The van der Waals surface area contributed by atoms with Crippen LogP contribution in [0.2, 0.25) is 0 Å². The highest BCUT2D eigenvalue weighted by molar-refractivity contribution is 5.95. The molecule has 4 rings (SSSR count). The standard InChI is InChI=1S/C30H41N3O4/c1-30(2,3)37-29(35)32-18-13-23(14-19-32)22-33-17-7-15-31-16-8-20-36-27-12-5-4-11-26(27)24-9-6-10-25(21-24)28(33)34/h4-6,9-12,21,23,31H,7-8,13-20,22H2,1-3H3. The number of nitrogens with zero attached hydrogens (tertiary/aromatic N) is 2. The first-order valence-electron chi connectivity index (χ1n) is 13.6. The lowest BCUT2D eigenvalue weighted by atomic mass is 9.95. The van der Waals surface area contributed by atoms with E-state index in [2.05, 4.69) is 5.32 Å². The average molecular weight is 508 g/mol. The number of carbonyl (C=O) groups excluding carboxylic acids is 2. The van der Waals surface area contributed by atoms with E-state index in [0.717, 1.165) is 55.6 Å². The maximum atomic E-state index is 13.8. The van der Waals surface area contributed by atoms with Crippen LogP contribution in [0.4, 0.5) is 4.79 Å². The second-order valence-corrected chi connectivity index (χ2v) is 11.0. The van der Waals surface area contributed by atoms with Crippen LogP contribution in [-0.2, 0) is 4.74 Å². The molecule has 0 aromatic heterocycles. The molecule has 0 atom stereocenters. The van der Waals surface area contributed by atoms with Crippen molar-refractivity contribution in [1.29, 1.82) is 0 Å². The number of para-hydroxylation sites is 1. The fourth-order valence-electron chi connectivity index (χ4n) is 4.94. The van der Waals surface area contributed by atoms with E-state index >= 15 is 0 Å². The molecule has 0 aliphatic carbocycles. The molecule has 7 heteroatoms. The van der Waals surface area contributed by atoms with Gasteiger partial charge >= 0.3 is 6.09 Å². The van der Waals surface area contributed by atoms with Gasteiger partial charge in [-0.1, -0.05) is 30.3 Å². The molecule has 0 unspecified atom stereocenters. The summed E-state index contributed by atoms with van der Waals surface area (Å²) >= 11 is 0. The number of hydrogen-bond acceptors (Lipinski definition) is 5. The Balaban J connectivity index is 1.48. The Morgan fingerprint density at radius 3 is 2.51 bits per heavy atom. The van der Waals surface area contributed by atoms with Gasteiger partial charge in [-0.05, 0) is 89.2 Å². The number of piperidine rings is 1. The van der Waals surface area contributed by atoms with E-state index in [1.807, 2.05) is 74.2 Å². The van der Waals surface area contributed by atoms with Gasteiger partial charge in [0.25, 0.3) is 5.91 Å². The highest BCUT2D eigenvalue weighted by Gasteiger charge is 2.29. The van der Waals surface area contributed by atoms with Gasteiger partial charge in [0.1, 0.15) is 11.4 Å². The average Bonchev–Trinajstić information content (AvgIpc) is 2.88. The molecule has 2 aliphatic rings. The minimum absolute atomic E-state index is 0.0599. The van der Waals surface area contributed by atoms with Crippen molar-refractivity contribution in [2.24, 2.45) is 5.92 Å². The Bertz CT molecular complexity index is 1060. The van der Waals surface area contributed by atoms with Crippen molar-refractivity contribution in [1.82, 2.24) is 15.1 Å². The summed E-state index contributed by atoms with van der Waals surface area (Å²) in [6.07, 6.45) is 3.30. The highest BCUT2D eigenvalue weighted by Crippen LogP contribution is 2.31. The van der Waals surface area contributed by atoms with Crippen molar-refractivity contribution >= 4 is 12.0 Å². The summed E-state index contributed by atoms with van der Waals surface area (Å²) in [5.41, 5.74) is 2.19. The Morgan fingerprint density at radius 1 is 1.00 bits per heavy atom. The smallest absolute Gasteiger partial charge is 0.410 e. The predicted octanol–water partition coefficient (Wildman–Crippen LogP) is 5.21. The number of carbonyl (C=O) groups is 2. The fourth-order valence-corrected chi connectivity index (χ4v) is 4.94. The van der Waals surface area contributed by atoms with Crippen LogP contribution >= 0.6 is 0 Å². The third-order valence-corrected chi connectivity index (χ3v) is 6.88. The lowest BCUT2D eigenvalue weighted by Gasteiger charge is -2.35. The van der Waals surface area contributed by atoms with E-state index in [1.165, 1.54) is 0 Å². The maximum Gasteiger partial charge on any atom is 0.410 e. The molecule has 200 valence electrons. The van der Waals surface area contributed by atoms with Gasteiger partial charge in [-0.2, -0.15) is 0 Å². The zero-order chi connectivity index (χ0) is 26.3. The molecule has 2 aromatic carbocycles. The minimum atomic E-state index is -0.494. The van der Waals surface area contributed by atoms with Gasteiger partial charge < -0.3 is 24.6 Å². The molecule has 2 aliphatic heterocycles. The van der Waals surface area contributed by atoms with E-state index in [-0.39, 0.29) is 12.0 Å². The van der Waals surface area contributed by atoms with Crippen molar-refractivity contribution in [2.75, 3.05) is 45.9 Å². The number of likely N-dealkylation sites (tertiary alicyclic amines) is 1. The number of nitrogens with one attached hydrogen (secondary N) is 1. The lowest BCUT2D eigenvalue weighted by Crippen LogP contribution is -2.45. The van der Waals surface area contributed by atoms with Crippen molar-refractivity contribution < 1.29 is 19.1 Å². The first kappa shape index (κ1) is 27.0. The Hall–Kier alpha value is -3.06. The second-order valence-electron chi connectivity index (χ2n) is 11.0.